The Labute approximate surface area is 194 Å². The zero-order chi connectivity index (χ0) is 19.8. The van der Waals surface area contributed by atoms with E-state index in [0.29, 0.717) is 26.1 Å². The Bertz CT molecular complexity index is 823. The molecule has 2 heterocycles. The Balaban J connectivity index is 0.00000300. The number of aryl methyl sites for hydroxylation is 1. The largest absolute Gasteiger partial charge is 0.357 e. The van der Waals surface area contributed by atoms with Crippen molar-refractivity contribution in [3.63, 3.8) is 0 Å². The quantitative estimate of drug-likeness (QED) is 0.312. The molecule has 0 unspecified atom stereocenters. The van der Waals surface area contributed by atoms with Gasteiger partial charge in [0.25, 0.3) is 0 Å². The molecule has 29 heavy (non-hydrogen) atoms. The Morgan fingerprint density at radius 1 is 1.24 bits per heavy atom. The first-order valence-corrected chi connectivity index (χ1v) is 10.8. The number of carbonyl (C=O) groups is 1. The average Bonchev–Trinajstić information content (AvgIpc) is 3.34. The lowest BCUT2D eigenvalue weighted by Gasteiger charge is -2.18. The molecule has 1 aliphatic heterocycles. The van der Waals surface area contributed by atoms with Gasteiger partial charge >= 0.3 is 0 Å². The summed E-state index contributed by atoms with van der Waals surface area (Å²) in [5, 5.41) is 7.73. The number of aromatic nitrogens is 1. The second-order valence-corrected chi connectivity index (χ2v) is 8.01. The number of hydrogen-bond donors (Lipinski definition) is 2. The number of amides is 1. The zero-order valence-electron chi connectivity index (χ0n) is 17.1. The highest BCUT2D eigenvalue weighted by molar-refractivity contribution is 14.0. The number of nitrogens with one attached hydrogen (secondary N) is 2. The molecule has 3 rings (SSSR count). The van der Waals surface area contributed by atoms with Gasteiger partial charge in [-0.3, -0.25) is 4.79 Å². The van der Waals surface area contributed by atoms with Crippen LogP contribution in [-0.4, -0.2) is 34.8 Å². The minimum atomic E-state index is 0. The normalized spacial score (nSPS) is 14.1. The summed E-state index contributed by atoms with van der Waals surface area (Å²) in [7, 11) is 0. The van der Waals surface area contributed by atoms with Crippen LogP contribution in [0.15, 0.2) is 35.5 Å². The molecule has 1 amide bonds. The lowest BCUT2D eigenvalue weighted by Crippen LogP contribution is -2.36. The van der Waals surface area contributed by atoms with Crippen LogP contribution in [0.1, 0.15) is 47.7 Å². The molecule has 2 N–H and O–H groups in total. The van der Waals surface area contributed by atoms with E-state index in [1.165, 1.54) is 10.4 Å². The molecular formula is C21H30IN5OS. The Morgan fingerprint density at radius 2 is 2.03 bits per heavy atom. The fraction of sp³-hybridized carbons (Fsp3) is 0.476. The van der Waals surface area contributed by atoms with Crippen LogP contribution < -0.4 is 10.6 Å². The zero-order valence-corrected chi connectivity index (χ0v) is 20.3. The molecule has 1 aromatic heterocycles. The number of halogens is 1. The molecule has 0 radical (unpaired) electrons. The smallest absolute Gasteiger partial charge is 0.222 e. The second-order valence-electron chi connectivity index (χ2n) is 6.81. The maximum absolute atomic E-state index is 12.0. The van der Waals surface area contributed by atoms with E-state index in [0.717, 1.165) is 42.5 Å². The SMILES string of the molecule is CCNC(=NCc1ccccc1CN1CCCC1=O)NCc1ncc(CC)s1.I. The highest BCUT2D eigenvalue weighted by Crippen LogP contribution is 2.18. The monoisotopic (exact) mass is 527 g/mol. The van der Waals surface area contributed by atoms with Crippen LogP contribution in [0, 0.1) is 0 Å². The third-order valence-corrected chi connectivity index (χ3v) is 5.90. The Hall–Kier alpha value is -1.68. The molecule has 0 bridgehead atoms. The van der Waals surface area contributed by atoms with Gasteiger partial charge in [0.05, 0.1) is 13.1 Å². The van der Waals surface area contributed by atoms with Gasteiger partial charge in [0.15, 0.2) is 5.96 Å². The molecule has 158 valence electrons. The van der Waals surface area contributed by atoms with Crippen LogP contribution in [0.25, 0.3) is 0 Å². The van der Waals surface area contributed by atoms with E-state index in [2.05, 4.69) is 41.6 Å². The van der Waals surface area contributed by atoms with Crippen LogP contribution in [0.2, 0.25) is 0 Å². The van der Waals surface area contributed by atoms with Crippen molar-refractivity contribution in [3.05, 3.63) is 51.5 Å². The minimum absolute atomic E-state index is 0. The number of nitrogens with zero attached hydrogens (tertiary/aromatic N) is 3. The predicted molar refractivity (Wildman–Crippen MR) is 130 cm³/mol. The third-order valence-electron chi connectivity index (χ3n) is 4.76. The van der Waals surface area contributed by atoms with Crippen molar-refractivity contribution in [2.24, 2.45) is 4.99 Å². The first-order chi connectivity index (χ1) is 13.7. The molecule has 6 nitrogen and oxygen atoms in total. The summed E-state index contributed by atoms with van der Waals surface area (Å²) in [6, 6.07) is 8.25. The third kappa shape index (κ3) is 6.95. The summed E-state index contributed by atoms with van der Waals surface area (Å²) in [6.45, 7) is 7.77. The van der Waals surface area contributed by atoms with E-state index >= 15 is 0 Å². The molecule has 1 saturated heterocycles. The number of thiazole rings is 1. The van der Waals surface area contributed by atoms with E-state index in [1.54, 1.807) is 11.3 Å². The van der Waals surface area contributed by atoms with E-state index in [1.807, 2.05) is 23.2 Å². The fourth-order valence-electron chi connectivity index (χ4n) is 3.20. The lowest BCUT2D eigenvalue weighted by molar-refractivity contribution is -0.128. The van der Waals surface area contributed by atoms with Crippen LogP contribution in [-0.2, 0) is 30.8 Å². The summed E-state index contributed by atoms with van der Waals surface area (Å²) >= 11 is 1.73. The van der Waals surface area contributed by atoms with Gasteiger partial charge in [0, 0.05) is 37.1 Å². The first-order valence-electron chi connectivity index (χ1n) is 10.00. The average molecular weight is 527 g/mol. The number of aliphatic imine (C=N–C) groups is 1. The van der Waals surface area contributed by atoms with Crippen molar-refractivity contribution in [2.75, 3.05) is 13.1 Å². The predicted octanol–water partition coefficient (Wildman–Crippen LogP) is 3.70. The summed E-state index contributed by atoms with van der Waals surface area (Å²) < 4.78 is 0. The highest BCUT2D eigenvalue weighted by atomic mass is 127. The van der Waals surface area contributed by atoms with Gasteiger partial charge in [0.2, 0.25) is 5.91 Å². The Morgan fingerprint density at radius 3 is 2.69 bits per heavy atom. The van der Waals surface area contributed by atoms with Crippen molar-refractivity contribution in [3.8, 4) is 0 Å². The molecule has 1 fully saturated rings. The summed E-state index contributed by atoms with van der Waals surface area (Å²) in [5.74, 6) is 1.03. The molecular weight excluding hydrogens is 497 g/mol. The first kappa shape index (κ1) is 23.6. The van der Waals surface area contributed by atoms with Gasteiger partial charge in [-0.15, -0.1) is 35.3 Å². The van der Waals surface area contributed by atoms with Crippen molar-refractivity contribution >= 4 is 47.2 Å². The molecule has 8 heteroatoms. The van der Waals surface area contributed by atoms with Gasteiger partial charge < -0.3 is 15.5 Å². The maximum Gasteiger partial charge on any atom is 0.222 e. The summed E-state index contributed by atoms with van der Waals surface area (Å²) in [4.78, 5) is 24.4. The molecule has 0 saturated carbocycles. The second kappa shape index (κ2) is 12.1. The van der Waals surface area contributed by atoms with Crippen molar-refractivity contribution in [2.45, 2.75) is 52.7 Å². The summed E-state index contributed by atoms with van der Waals surface area (Å²) in [5.41, 5.74) is 2.33. The molecule has 0 atom stereocenters. The number of benzene rings is 1. The van der Waals surface area contributed by atoms with E-state index < -0.39 is 0 Å². The van der Waals surface area contributed by atoms with Gasteiger partial charge in [0.1, 0.15) is 5.01 Å². The standard InChI is InChI=1S/C21H29N5OS.HI/c1-3-18-13-23-19(28-18)14-25-21(22-4-2)24-12-16-8-5-6-9-17(16)15-26-11-7-10-20(26)27;/h5-6,8-9,13H,3-4,7,10-12,14-15H2,1-2H3,(H2,22,24,25);1H. The number of hydrogen-bond acceptors (Lipinski definition) is 4. The topological polar surface area (TPSA) is 69.6 Å². The van der Waals surface area contributed by atoms with Crippen LogP contribution in [0.3, 0.4) is 0 Å². The molecule has 0 aliphatic carbocycles. The van der Waals surface area contributed by atoms with Gasteiger partial charge in [-0.2, -0.15) is 0 Å². The molecule has 0 spiro atoms. The molecule has 1 aliphatic rings. The van der Waals surface area contributed by atoms with E-state index in [4.69, 9.17) is 4.99 Å². The van der Waals surface area contributed by atoms with Gasteiger partial charge in [-0.25, -0.2) is 9.98 Å². The van der Waals surface area contributed by atoms with Crippen molar-refractivity contribution in [1.29, 1.82) is 0 Å². The lowest BCUT2D eigenvalue weighted by atomic mass is 10.1. The fourth-order valence-corrected chi connectivity index (χ4v) is 4.00. The molecule has 2 aromatic rings. The van der Waals surface area contributed by atoms with Crippen LogP contribution in [0.5, 0.6) is 0 Å². The number of carbonyl (C=O) groups excluding carboxylic acids is 1. The van der Waals surface area contributed by atoms with E-state index in [-0.39, 0.29) is 29.9 Å². The Kier molecular flexibility index (Phi) is 9.86. The molecule has 1 aromatic carbocycles. The van der Waals surface area contributed by atoms with Crippen molar-refractivity contribution in [1.82, 2.24) is 20.5 Å². The van der Waals surface area contributed by atoms with E-state index in [9.17, 15) is 4.79 Å². The summed E-state index contributed by atoms with van der Waals surface area (Å²) in [6.07, 6.45) is 4.60. The number of likely N-dealkylation sites (tertiary alicyclic amines) is 1. The number of guanidine groups is 1. The van der Waals surface area contributed by atoms with Crippen LogP contribution in [0.4, 0.5) is 0 Å². The van der Waals surface area contributed by atoms with Gasteiger partial charge in [-0.05, 0) is 30.9 Å². The van der Waals surface area contributed by atoms with Gasteiger partial charge in [-0.1, -0.05) is 31.2 Å². The van der Waals surface area contributed by atoms with Crippen molar-refractivity contribution < 1.29 is 4.79 Å². The minimum Gasteiger partial charge on any atom is -0.357 e. The number of rotatable bonds is 8. The highest BCUT2D eigenvalue weighted by Gasteiger charge is 2.20. The van der Waals surface area contributed by atoms with Crippen LogP contribution >= 0.6 is 35.3 Å². The maximum atomic E-state index is 12.0.